The second kappa shape index (κ2) is 10.2. The summed E-state index contributed by atoms with van der Waals surface area (Å²) < 4.78 is 16.3. The Morgan fingerprint density at radius 3 is 2.54 bits per heavy atom. The Hall–Kier alpha value is -2.89. The van der Waals surface area contributed by atoms with Crippen LogP contribution in [0, 0.1) is 0 Å². The molecule has 26 heavy (non-hydrogen) atoms. The van der Waals surface area contributed by atoms with Gasteiger partial charge in [-0.2, -0.15) is 0 Å². The minimum atomic E-state index is 0.635. The number of benzene rings is 2. The lowest BCUT2D eigenvalue weighted by Gasteiger charge is -2.14. The van der Waals surface area contributed by atoms with Gasteiger partial charge in [0.05, 0.1) is 20.8 Å². The Morgan fingerprint density at radius 2 is 1.85 bits per heavy atom. The van der Waals surface area contributed by atoms with Crippen molar-refractivity contribution < 1.29 is 14.2 Å². The van der Waals surface area contributed by atoms with Gasteiger partial charge in [0.1, 0.15) is 5.75 Å². The lowest BCUT2D eigenvalue weighted by Crippen LogP contribution is -2.30. The maximum atomic E-state index is 5.67. The van der Waals surface area contributed by atoms with Gasteiger partial charge in [-0.15, -0.1) is 0 Å². The first-order valence-electron chi connectivity index (χ1n) is 8.61. The van der Waals surface area contributed by atoms with E-state index < -0.39 is 0 Å². The van der Waals surface area contributed by atoms with Crippen LogP contribution >= 0.6 is 0 Å². The molecule has 0 aliphatic carbocycles. The van der Waals surface area contributed by atoms with Gasteiger partial charge in [-0.25, -0.2) is 0 Å². The molecule has 0 saturated carbocycles. The summed E-state index contributed by atoms with van der Waals surface area (Å²) in [6.07, 6.45) is 0.990. The monoisotopic (exact) mass is 357 g/mol. The number of ether oxygens (including phenoxy) is 3. The molecule has 140 valence electrons. The predicted octanol–water partition coefficient (Wildman–Crippen LogP) is 3.68. The molecule has 2 aromatic rings. The van der Waals surface area contributed by atoms with Gasteiger partial charge >= 0.3 is 0 Å². The van der Waals surface area contributed by atoms with Crippen molar-refractivity contribution in [2.24, 2.45) is 4.99 Å². The number of methoxy groups -OCH3 is 2. The minimum absolute atomic E-state index is 0.635. The van der Waals surface area contributed by atoms with Crippen LogP contribution in [0.5, 0.6) is 17.2 Å². The first-order chi connectivity index (χ1) is 12.7. The standard InChI is InChI=1S/C20H27N3O3/c1-5-11-26-17-8-6-7-15(12-17)14-22-20(21-2)23-16-9-10-18(24-3)19(13-16)25-4/h6-10,12-13H,5,11,14H2,1-4H3,(H2,21,22,23). The zero-order valence-electron chi connectivity index (χ0n) is 15.8. The van der Waals surface area contributed by atoms with Crippen molar-refractivity contribution in [2.45, 2.75) is 19.9 Å². The van der Waals surface area contributed by atoms with Crippen LogP contribution in [-0.4, -0.2) is 33.8 Å². The number of nitrogens with one attached hydrogen (secondary N) is 2. The fourth-order valence-electron chi connectivity index (χ4n) is 2.38. The van der Waals surface area contributed by atoms with E-state index in [-0.39, 0.29) is 0 Å². The van der Waals surface area contributed by atoms with Gasteiger partial charge in [-0.05, 0) is 36.2 Å². The Kier molecular flexibility index (Phi) is 7.61. The molecule has 0 fully saturated rings. The molecule has 0 aromatic heterocycles. The first-order valence-corrected chi connectivity index (χ1v) is 8.61. The summed E-state index contributed by atoms with van der Waals surface area (Å²) in [5.41, 5.74) is 1.98. The topological polar surface area (TPSA) is 64.1 Å². The van der Waals surface area contributed by atoms with E-state index in [4.69, 9.17) is 14.2 Å². The molecule has 0 amide bonds. The van der Waals surface area contributed by atoms with E-state index in [1.807, 2.05) is 36.4 Å². The maximum absolute atomic E-state index is 5.67. The zero-order valence-corrected chi connectivity index (χ0v) is 15.8. The highest BCUT2D eigenvalue weighted by atomic mass is 16.5. The summed E-state index contributed by atoms with van der Waals surface area (Å²) in [7, 11) is 4.96. The highest BCUT2D eigenvalue weighted by Crippen LogP contribution is 2.29. The number of anilines is 1. The summed E-state index contributed by atoms with van der Waals surface area (Å²) in [6.45, 7) is 3.45. The van der Waals surface area contributed by atoms with Crippen LogP contribution in [0.4, 0.5) is 5.69 Å². The van der Waals surface area contributed by atoms with E-state index in [2.05, 4.69) is 28.6 Å². The van der Waals surface area contributed by atoms with Crippen LogP contribution in [0.15, 0.2) is 47.5 Å². The summed E-state index contributed by atoms with van der Waals surface area (Å²) in [5.74, 6) is 2.89. The molecule has 6 heteroatoms. The summed E-state index contributed by atoms with van der Waals surface area (Å²) >= 11 is 0. The largest absolute Gasteiger partial charge is 0.494 e. The zero-order chi connectivity index (χ0) is 18.8. The summed E-state index contributed by atoms with van der Waals surface area (Å²) in [6, 6.07) is 13.7. The Bertz CT molecular complexity index is 732. The molecule has 0 heterocycles. The number of hydrogen-bond acceptors (Lipinski definition) is 4. The van der Waals surface area contributed by atoms with Crippen molar-refractivity contribution in [3.05, 3.63) is 48.0 Å². The van der Waals surface area contributed by atoms with Crippen LogP contribution in [0.3, 0.4) is 0 Å². The molecule has 0 aliphatic rings. The van der Waals surface area contributed by atoms with Crippen molar-refractivity contribution in [3.63, 3.8) is 0 Å². The molecule has 6 nitrogen and oxygen atoms in total. The summed E-state index contributed by atoms with van der Waals surface area (Å²) in [4.78, 5) is 4.26. The third-order valence-corrected chi connectivity index (χ3v) is 3.70. The van der Waals surface area contributed by atoms with E-state index >= 15 is 0 Å². The van der Waals surface area contributed by atoms with Gasteiger partial charge in [0.2, 0.25) is 0 Å². The van der Waals surface area contributed by atoms with Crippen molar-refractivity contribution >= 4 is 11.6 Å². The third kappa shape index (κ3) is 5.58. The second-order valence-electron chi connectivity index (χ2n) is 5.62. The Labute approximate surface area is 155 Å². The molecule has 0 radical (unpaired) electrons. The third-order valence-electron chi connectivity index (χ3n) is 3.70. The molecular weight excluding hydrogens is 330 g/mol. The molecule has 0 unspecified atom stereocenters. The predicted molar refractivity (Wildman–Crippen MR) is 106 cm³/mol. The van der Waals surface area contributed by atoms with Crippen molar-refractivity contribution in [1.82, 2.24) is 5.32 Å². The van der Waals surface area contributed by atoms with Gasteiger partial charge in [-0.1, -0.05) is 19.1 Å². The number of guanidine groups is 1. The van der Waals surface area contributed by atoms with Gasteiger partial charge in [0.15, 0.2) is 17.5 Å². The van der Waals surface area contributed by atoms with Gasteiger partial charge < -0.3 is 24.8 Å². The molecule has 0 atom stereocenters. The first kappa shape index (κ1) is 19.4. The van der Waals surface area contributed by atoms with Crippen molar-refractivity contribution in [2.75, 3.05) is 33.2 Å². The molecule has 0 aliphatic heterocycles. The van der Waals surface area contributed by atoms with E-state index in [0.29, 0.717) is 24.0 Å². The maximum Gasteiger partial charge on any atom is 0.195 e. The van der Waals surface area contributed by atoms with E-state index in [9.17, 15) is 0 Å². The molecular formula is C20H27N3O3. The smallest absolute Gasteiger partial charge is 0.195 e. The van der Waals surface area contributed by atoms with Crippen LogP contribution in [0.1, 0.15) is 18.9 Å². The molecule has 0 bridgehead atoms. The Balaban J connectivity index is 1.98. The van der Waals surface area contributed by atoms with Crippen molar-refractivity contribution in [1.29, 1.82) is 0 Å². The number of nitrogens with zero attached hydrogens (tertiary/aromatic N) is 1. The summed E-state index contributed by atoms with van der Waals surface area (Å²) in [5, 5.41) is 6.54. The van der Waals surface area contributed by atoms with Crippen LogP contribution in [0.2, 0.25) is 0 Å². The van der Waals surface area contributed by atoms with E-state index in [1.54, 1.807) is 21.3 Å². The lowest BCUT2D eigenvalue weighted by molar-refractivity contribution is 0.317. The van der Waals surface area contributed by atoms with E-state index in [1.165, 1.54) is 0 Å². The van der Waals surface area contributed by atoms with E-state index in [0.717, 1.165) is 30.0 Å². The number of hydrogen-bond donors (Lipinski definition) is 2. The highest BCUT2D eigenvalue weighted by Gasteiger charge is 2.06. The lowest BCUT2D eigenvalue weighted by atomic mass is 10.2. The molecule has 2 aromatic carbocycles. The number of rotatable bonds is 8. The SMILES string of the molecule is CCCOc1cccc(CNC(=NC)Nc2ccc(OC)c(OC)c2)c1. The van der Waals surface area contributed by atoms with Crippen LogP contribution < -0.4 is 24.8 Å². The normalized spacial score (nSPS) is 11.0. The van der Waals surface area contributed by atoms with Gasteiger partial charge in [0.25, 0.3) is 0 Å². The number of aliphatic imine (C=N–C) groups is 1. The highest BCUT2D eigenvalue weighted by molar-refractivity contribution is 5.93. The van der Waals surface area contributed by atoms with Crippen LogP contribution in [0.25, 0.3) is 0 Å². The Morgan fingerprint density at radius 1 is 1.04 bits per heavy atom. The average molecular weight is 357 g/mol. The molecule has 0 spiro atoms. The quantitative estimate of drug-likeness (QED) is 0.557. The van der Waals surface area contributed by atoms with Gasteiger partial charge in [-0.3, -0.25) is 4.99 Å². The van der Waals surface area contributed by atoms with Crippen LogP contribution in [-0.2, 0) is 6.54 Å². The molecule has 0 saturated heterocycles. The average Bonchev–Trinajstić information content (AvgIpc) is 2.69. The minimum Gasteiger partial charge on any atom is -0.494 e. The fourth-order valence-corrected chi connectivity index (χ4v) is 2.38. The molecule has 2 N–H and O–H groups in total. The van der Waals surface area contributed by atoms with Gasteiger partial charge in [0, 0.05) is 25.3 Å². The second-order valence-corrected chi connectivity index (χ2v) is 5.62. The fraction of sp³-hybridized carbons (Fsp3) is 0.350. The molecule has 2 rings (SSSR count). The van der Waals surface area contributed by atoms with Crippen molar-refractivity contribution in [3.8, 4) is 17.2 Å².